The fourth-order valence-electron chi connectivity index (χ4n) is 4.90. The number of hydrogen-bond donors (Lipinski definition) is 1. The number of guanidine groups is 1. The molecular formula is C20H28FN3O2. The summed E-state index contributed by atoms with van der Waals surface area (Å²) in [7, 11) is 3.81. The number of para-hydroxylation sites is 1. The standard InChI is InChI=1S/C20H28FN3O2/c1-22-19(24(2)11-13-25-16-7-4-3-6-15(16)21)23-17-14-8-12-26-18(14)20(17)9-5-10-20/h3-4,6-7,14,17-18H,5,8-13H2,1-2H3,(H,22,23). The average Bonchev–Trinajstić information content (AvgIpc) is 3.01. The van der Waals surface area contributed by atoms with Crippen molar-refractivity contribution in [2.45, 2.75) is 37.8 Å². The summed E-state index contributed by atoms with van der Waals surface area (Å²) >= 11 is 0. The minimum Gasteiger partial charge on any atom is -0.489 e. The van der Waals surface area contributed by atoms with Gasteiger partial charge < -0.3 is 19.7 Å². The number of nitrogens with one attached hydrogen (secondary N) is 1. The van der Waals surface area contributed by atoms with Crippen LogP contribution in [0, 0.1) is 17.2 Å². The molecule has 1 aliphatic heterocycles. The van der Waals surface area contributed by atoms with Crippen LogP contribution < -0.4 is 10.1 Å². The van der Waals surface area contributed by atoms with Crippen LogP contribution in [-0.4, -0.2) is 56.9 Å². The van der Waals surface area contributed by atoms with E-state index in [9.17, 15) is 4.39 Å². The van der Waals surface area contributed by atoms with E-state index in [1.165, 1.54) is 25.3 Å². The van der Waals surface area contributed by atoms with Gasteiger partial charge in [-0.1, -0.05) is 18.6 Å². The van der Waals surface area contributed by atoms with Crippen LogP contribution in [0.1, 0.15) is 25.7 Å². The van der Waals surface area contributed by atoms with Crippen molar-refractivity contribution in [2.75, 3.05) is 33.9 Å². The molecule has 0 amide bonds. The summed E-state index contributed by atoms with van der Waals surface area (Å²) in [4.78, 5) is 6.50. The summed E-state index contributed by atoms with van der Waals surface area (Å²) in [6.45, 7) is 1.93. The van der Waals surface area contributed by atoms with Crippen LogP contribution >= 0.6 is 0 Å². The number of rotatable bonds is 5. The van der Waals surface area contributed by atoms with Gasteiger partial charge in [-0.15, -0.1) is 0 Å². The summed E-state index contributed by atoms with van der Waals surface area (Å²) in [5.74, 6) is 1.45. The predicted molar refractivity (Wildman–Crippen MR) is 98.9 cm³/mol. The lowest BCUT2D eigenvalue weighted by molar-refractivity contribution is -0.171. The van der Waals surface area contributed by atoms with Crippen molar-refractivity contribution < 1.29 is 13.9 Å². The predicted octanol–water partition coefficient (Wildman–Crippen LogP) is 2.67. The number of halogens is 1. The Morgan fingerprint density at radius 3 is 2.92 bits per heavy atom. The average molecular weight is 361 g/mol. The van der Waals surface area contributed by atoms with Gasteiger partial charge in [-0.2, -0.15) is 0 Å². The van der Waals surface area contributed by atoms with E-state index in [4.69, 9.17) is 9.47 Å². The minimum atomic E-state index is -0.327. The molecule has 0 radical (unpaired) electrons. The number of hydrogen-bond acceptors (Lipinski definition) is 3. The van der Waals surface area contributed by atoms with E-state index < -0.39 is 0 Å². The molecule has 4 rings (SSSR count). The molecule has 3 aliphatic rings. The van der Waals surface area contributed by atoms with Gasteiger partial charge in [-0.05, 0) is 31.4 Å². The van der Waals surface area contributed by atoms with Crippen molar-refractivity contribution in [3.63, 3.8) is 0 Å². The minimum absolute atomic E-state index is 0.294. The first-order valence-corrected chi connectivity index (χ1v) is 9.59. The molecule has 26 heavy (non-hydrogen) atoms. The molecule has 3 atom stereocenters. The third-order valence-corrected chi connectivity index (χ3v) is 6.41. The molecule has 2 saturated carbocycles. The maximum absolute atomic E-state index is 13.6. The van der Waals surface area contributed by atoms with Gasteiger partial charge in [0.25, 0.3) is 0 Å². The lowest BCUT2D eigenvalue weighted by Crippen LogP contribution is -2.72. The van der Waals surface area contributed by atoms with Crippen LogP contribution in [0.3, 0.4) is 0 Å². The Morgan fingerprint density at radius 2 is 2.23 bits per heavy atom. The Labute approximate surface area is 154 Å². The molecule has 1 spiro atoms. The second-order valence-electron chi connectivity index (χ2n) is 7.70. The summed E-state index contributed by atoms with van der Waals surface area (Å²) in [6.07, 6.45) is 5.39. The van der Waals surface area contributed by atoms with E-state index in [-0.39, 0.29) is 5.82 Å². The fourth-order valence-corrected chi connectivity index (χ4v) is 4.90. The smallest absolute Gasteiger partial charge is 0.193 e. The van der Waals surface area contributed by atoms with Gasteiger partial charge in [0.15, 0.2) is 17.5 Å². The molecular weight excluding hydrogens is 333 g/mol. The second-order valence-corrected chi connectivity index (χ2v) is 7.70. The van der Waals surface area contributed by atoms with E-state index >= 15 is 0 Å². The lowest BCUT2D eigenvalue weighted by atomic mass is 9.46. The number of aliphatic imine (C=N–C) groups is 1. The molecule has 1 aromatic carbocycles. The Hall–Kier alpha value is -1.82. The van der Waals surface area contributed by atoms with Crippen LogP contribution in [-0.2, 0) is 4.74 Å². The first-order chi connectivity index (χ1) is 12.7. The third kappa shape index (κ3) is 2.84. The topological polar surface area (TPSA) is 46.1 Å². The number of nitrogens with zero attached hydrogens (tertiary/aromatic N) is 2. The number of ether oxygens (including phenoxy) is 2. The number of fused-ring (bicyclic) bond motifs is 2. The Balaban J connectivity index is 1.32. The lowest BCUT2D eigenvalue weighted by Gasteiger charge is -2.63. The van der Waals surface area contributed by atoms with Crippen LogP contribution in [0.4, 0.5) is 4.39 Å². The molecule has 3 unspecified atom stereocenters. The van der Waals surface area contributed by atoms with Crippen LogP contribution in [0.5, 0.6) is 5.75 Å². The maximum Gasteiger partial charge on any atom is 0.193 e. The molecule has 1 heterocycles. The van der Waals surface area contributed by atoms with Crippen LogP contribution in [0.2, 0.25) is 0 Å². The third-order valence-electron chi connectivity index (χ3n) is 6.41. The van der Waals surface area contributed by atoms with Gasteiger partial charge in [-0.25, -0.2) is 4.39 Å². The van der Waals surface area contributed by atoms with Crippen molar-refractivity contribution >= 4 is 5.96 Å². The molecule has 1 aromatic rings. The molecule has 0 bridgehead atoms. The largest absolute Gasteiger partial charge is 0.489 e. The van der Waals surface area contributed by atoms with Gasteiger partial charge in [0.1, 0.15) is 6.61 Å². The monoisotopic (exact) mass is 361 g/mol. The summed E-state index contributed by atoms with van der Waals surface area (Å²) in [5, 5.41) is 3.69. The Kier molecular flexibility index (Phi) is 4.78. The van der Waals surface area contributed by atoms with Crippen molar-refractivity contribution in [1.82, 2.24) is 10.2 Å². The normalized spacial score (nSPS) is 28.9. The SMILES string of the molecule is CN=C(NC1C2CCOC2C12CCC2)N(C)CCOc1ccccc1F. The van der Waals surface area contributed by atoms with E-state index in [0.29, 0.717) is 42.4 Å². The van der Waals surface area contributed by atoms with Crippen molar-refractivity contribution in [3.8, 4) is 5.75 Å². The Bertz CT molecular complexity index is 677. The quantitative estimate of drug-likeness (QED) is 0.647. The maximum atomic E-state index is 13.6. The van der Waals surface area contributed by atoms with Gasteiger partial charge in [0, 0.05) is 38.1 Å². The highest BCUT2D eigenvalue weighted by Crippen LogP contribution is 2.62. The molecule has 3 fully saturated rings. The highest BCUT2D eigenvalue weighted by Gasteiger charge is 2.66. The van der Waals surface area contributed by atoms with Crippen LogP contribution in [0.15, 0.2) is 29.3 Å². The zero-order chi connectivity index (χ0) is 18.1. The molecule has 1 saturated heterocycles. The van der Waals surface area contributed by atoms with Gasteiger partial charge in [-0.3, -0.25) is 4.99 Å². The molecule has 5 nitrogen and oxygen atoms in total. The molecule has 6 heteroatoms. The van der Waals surface area contributed by atoms with E-state index in [2.05, 4.69) is 15.2 Å². The van der Waals surface area contributed by atoms with Crippen molar-refractivity contribution in [2.24, 2.45) is 16.3 Å². The van der Waals surface area contributed by atoms with Crippen LogP contribution in [0.25, 0.3) is 0 Å². The fraction of sp³-hybridized carbons (Fsp3) is 0.650. The van der Waals surface area contributed by atoms with Crippen molar-refractivity contribution in [3.05, 3.63) is 30.1 Å². The second kappa shape index (κ2) is 7.06. The highest BCUT2D eigenvalue weighted by atomic mass is 19.1. The number of likely N-dealkylation sites (N-methyl/N-ethyl adjacent to an activating group) is 1. The summed E-state index contributed by atoms with van der Waals surface area (Å²) in [5.41, 5.74) is 0.321. The zero-order valence-electron chi connectivity index (χ0n) is 15.6. The van der Waals surface area contributed by atoms with Gasteiger partial charge in [0.05, 0.1) is 12.6 Å². The molecule has 2 aliphatic carbocycles. The number of benzene rings is 1. The molecule has 0 aromatic heterocycles. The summed E-state index contributed by atoms with van der Waals surface area (Å²) < 4.78 is 25.2. The summed E-state index contributed by atoms with van der Waals surface area (Å²) in [6, 6.07) is 6.95. The first kappa shape index (κ1) is 17.6. The molecule has 1 N–H and O–H groups in total. The van der Waals surface area contributed by atoms with Gasteiger partial charge in [0.2, 0.25) is 0 Å². The van der Waals surface area contributed by atoms with E-state index in [1.54, 1.807) is 18.2 Å². The van der Waals surface area contributed by atoms with E-state index in [1.807, 2.05) is 14.1 Å². The van der Waals surface area contributed by atoms with E-state index in [0.717, 1.165) is 19.0 Å². The molecule has 142 valence electrons. The Morgan fingerprint density at radius 1 is 1.42 bits per heavy atom. The van der Waals surface area contributed by atoms with Gasteiger partial charge >= 0.3 is 0 Å². The zero-order valence-corrected chi connectivity index (χ0v) is 15.6. The first-order valence-electron chi connectivity index (χ1n) is 9.59. The highest BCUT2D eigenvalue weighted by molar-refractivity contribution is 5.80. The van der Waals surface area contributed by atoms with Crippen molar-refractivity contribution in [1.29, 1.82) is 0 Å².